The fourth-order valence-corrected chi connectivity index (χ4v) is 5.99. The van der Waals surface area contributed by atoms with Gasteiger partial charge in [0.15, 0.2) is 14.3 Å². The van der Waals surface area contributed by atoms with Crippen LogP contribution in [0.3, 0.4) is 0 Å². The molecule has 27 heavy (non-hydrogen) atoms. The Morgan fingerprint density at radius 2 is 1.11 bits per heavy atom. The monoisotopic (exact) mass is 397 g/mol. The van der Waals surface area contributed by atoms with Crippen molar-refractivity contribution in [2.75, 3.05) is 0 Å². The number of benzene rings is 3. The van der Waals surface area contributed by atoms with E-state index in [1.807, 2.05) is 0 Å². The summed E-state index contributed by atoms with van der Waals surface area (Å²) in [6, 6.07) is 15.2. The first kappa shape index (κ1) is 17.9. The van der Waals surface area contributed by atoms with E-state index in [1.165, 1.54) is 30.3 Å². The Morgan fingerprint density at radius 1 is 0.556 bits per heavy atom. The minimum absolute atomic E-state index is 0.0945. The maximum Gasteiger partial charge on any atom is 0.421 e. The highest BCUT2D eigenvalue weighted by Crippen LogP contribution is 2.54. The van der Waals surface area contributed by atoms with Crippen LogP contribution < -0.4 is 0 Å². The molecule has 1 unspecified atom stereocenters. The molecule has 0 aliphatic rings. The summed E-state index contributed by atoms with van der Waals surface area (Å²) in [6.45, 7) is 0. The molecule has 0 bridgehead atoms. The number of rotatable bonds is 1. The van der Waals surface area contributed by atoms with Crippen molar-refractivity contribution in [2.45, 2.75) is 12.4 Å². The van der Waals surface area contributed by atoms with Gasteiger partial charge in [-0.2, -0.15) is 26.3 Å². The van der Waals surface area contributed by atoms with Gasteiger partial charge in [0.05, 0.1) is 0 Å². The van der Waals surface area contributed by atoms with Gasteiger partial charge in [0.25, 0.3) is 0 Å². The first-order valence-electron chi connectivity index (χ1n) is 7.89. The van der Waals surface area contributed by atoms with E-state index in [9.17, 15) is 26.3 Å². The molecule has 1 heterocycles. The molecular formula is C20H11F6S+. The van der Waals surface area contributed by atoms with Gasteiger partial charge in [-0.3, -0.25) is 0 Å². The van der Waals surface area contributed by atoms with Crippen LogP contribution in [0.5, 0.6) is 0 Å². The molecule has 4 rings (SSSR count). The van der Waals surface area contributed by atoms with Gasteiger partial charge in [-0.05, 0) is 36.4 Å². The molecular weight excluding hydrogens is 386 g/mol. The first-order valence-corrected chi connectivity index (χ1v) is 9.12. The van der Waals surface area contributed by atoms with Crippen molar-refractivity contribution in [2.24, 2.45) is 0 Å². The predicted molar refractivity (Wildman–Crippen MR) is 95.3 cm³/mol. The molecule has 0 amide bonds. The Kier molecular flexibility index (Phi) is 3.96. The highest BCUT2D eigenvalue weighted by atomic mass is 32.2. The second-order valence-corrected chi connectivity index (χ2v) is 7.88. The maximum atomic E-state index is 13.7. The van der Waals surface area contributed by atoms with Crippen molar-refractivity contribution in [1.82, 2.24) is 0 Å². The Balaban J connectivity index is 2.25. The fourth-order valence-electron chi connectivity index (χ4n) is 3.28. The van der Waals surface area contributed by atoms with E-state index in [-0.39, 0.29) is 9.60 Å². The summed E-state index contributed by atoms with van der Waals surface area (Å²) >= 11 is 0. The van der Waals surface area contributed by atoms with Gasteiger partial charge in [-0.25, -0.2) is 0 Å². The van der Waals surface area contributed by atoms with Crippen LogP contribution in [-0.2, 0) is 12.4 Å². The van der Waals surface area contributed by atoms with Crippen LogP contribution in [0.15, 0.2) is 66.7 Å². The molecule has 0 fully saturated rings. The quantitative estimate of drug-likeness (QED) is 0.227. The Hall–Kier alpha value is -2.54. The molecule has 0 nitrogen and oxygen atoms in total. The van der Waals surface area contributed by atoms with E-state index < -0.39 is 33.9 Å². The van der Waals surface area contributed by atoms with Crippen LogP contribution in [0.4, 0.5) is 26.3 Å². The Bertz CT molecular complexity index is 1150. The summed E-state index contributed by atoms with van der Waals surface area (Å²) in [6.07, 6.45) is -9.32. The normalized spacial score (nSPS) is 13.5. The number of thiophene rings is 1. The fraction of sp³-hybridized carbons (Fsp3) is 0.100. The molecule has 0 aliphatic carbocycles. The minimum atomic E-state index is -4.66. The van der Waals surface area contributed by atoms with Gasteiger partial charge in [-0.15, -0.1) is 0 Å². The lowest BCUT2D eigenvalue weighted by atomic mass is 10.1. The molecule has 1 aromatic heterocycles. The molecule has 0 spiro atoms. The lowest BCUT2D eigenvalue weighted by molar-refractivity contribution is -0.137. The molecule has 0 saturated heterocycles. The minimum Gasteiger partial charge on any atom is -0.166 e. The van der Waals surface area contributed by atoms with Gasteiger partial charge in [0.2, 0.25) is 0 Å². The average molecular weight is 397 g/mol. The largest absolute Gasteiger partial charge is 0.421 e. The van der Waals surface area contributed by atoms with Gasteiger partial charge < -0.3 is 0 Å². The van der Waals surface area contributed by atoms with Crippen LogP contribution in [0.1, 0.15) is 11.1 Å². The second-order valence-electron chi connectivity index (χ2n) is 5.98. The van der Waals surface area contributed by atoms with Gasteiger partial charge >= 0.3 is 12.4 Å². The van der Waals surface area contributed by atoms with E-state index in [0.717, 1.165) is 12.1 Å². The smallest absolute Gasteiger partial charge is 0.166 e. The van der Waals surface area contributed by atoms with Crippen LogP contribution in [0, 0.1) is 0 Å². The lowest BCUT2D eigenvalue weighted by Gasteiger charge is -2.09. The number of alkyl halides is 6. The summed E-state index contributed by atoms with van der Waals surface area (Å²) in [7, 11) is -1.50. The third-order valence-electron chi connectivity index (χ3n) is 4.33. The van der Waals surface area contributed by atoms with E-state index >= 15 is 0 Å². The molecule has 138 valence electrons. The van der Waals surface area contributed by atoms with E-state index in [4.69, 9.17) is 0 Å². The van der Waals surface area contributed by atoms with Crippen molar-refractivity contribution in [3.63, 3.8) is 0 Å². The Morgan fingerprint density at radius 3 is 1.81 bits per heavy atom. The van der Waals surface area contributed by atoms with Gasteiger partial charge in [0, 0.05) is 21.2 Å². The third kappa shape index (κ3) is 2.86. The van der Waals surface area contributed by atoms with Crippen LogP contribution in [-0.4, -0.2) is 0 Å². The second kappa shape index (κ2) is 5.99. The van der Waals surface area contributed by atoms with Crippen molar-refractivity contribution in [3.05, 3.63) is 77.9 Å². The predicted octanol–water partition coefficient (Wildman–Crippen LogP) is 7.77. The molecule has 0 aliphatic heterocycles. The first-order chi connectivity index (χ1) is 12.7. The van der Waals surface area contributed by atoms with Crippen molar-refractivity contribution >= 4 is 30.6 Å². The molecule has 0 saturated carbocycles. The Labute approximate surface area is 152 Å². The molecule has 1 atom stereocenters. The lowest BCUT2D eigenvalue weighted by Crippen LogP contribution is -2.07. The van der Waals surface area contributed by atoms with E-state index in [2.05, 4.69) is 0 Å². The summed E-state index contributed by atoms with van der Waals surface area (Å²) in [5, 5.41) is 0.875. The molecule has 4 aromatic rings. The summed E-state index contributed by atoms with van der Waals surface area (Å²) in [5.74, 6) is 0. The van der Waals surface area contributed by atoms with Crippen molar-refractivity contribution < 1.29 is 26.3 Å². The van der Waals surface area contributed by atoms with Gasteiger partial charge in [0.1, 0.15) is 11.1 Å². The van der Waals surface area contributed by atoms with Gasteiger partial charge in [-0.1, -0.05) is 30.3 Å². The maximum absolute atomic E-state index is 13.7. The van der Waals surface area contributed by atoms with Crippen LogP contribution in [0.25, 0.3) is 25.1 Å². The van der Waals surface area contributed by atoms with E-state index in [1.54, 1.807) is 24.3 Å². The topological polar surface area (TPSA) is 0 Å². The molecule has 0 N–H and O–H groups in total. The van der Waals surface area contributed by atoms with E-state index in [0.29, 0.717) is 15.5 Å². The summed E-state index contributed by atoms with van der Waals surface area (Å²) < 4.78 is 82.1. The standard InChI is InChI=1S/C20H11F6S/c21-19(22,23)14-8-2-4-11-17(14)27-16-10-3-1-6-12(16)13-7-5-9-15(18(13)27)20(24,25)26/h1-11H/q+1. The number of fused-ring (bicyclic) bond motifs is 3. The SMILES string of the molecule is FC(F)(F)c1ccccc1-[s+]1c2ccccc2c2cccc(C(F)(F)F)c21. The summed E-state index contributed by atoms with van der Waals surface area (Å²) in [5.41, 5.74) is -1.80. The zero-order valence-corrected chi connectivity index (χ0v) is 14.3. The third-order valence-corrected chi connectivity index (χ3v) is 6.77. The number of hydrogen-bond donors (Lipinski definition) is 0. The zero-order valence-electron chi connectivity index (χ0n) is 13.5. The average Bonchev–Trinajstić information content (AvgIpc) is 2.94. The highest BCUT2D eigenvalue weighted by molar-refractivity contribution is 7.50. The van der Waals surface area contributed by atoms with Crippen LogP contribution in [0.2, 0.25) is 0 Å². The number of hydrogen-bond acceptors (Lipinski definition) is 0. The van der Waals surface area contributed by atoms with Crippen molar-refractivity contribution in [1.29, 1.82) is 0 Å². The molecule has 0 radical (unpaired) electrons. The van der Waals surface area contributed by atoms with Crippen LogP contribution >= 0.6 is 10.5 Å². The molecule has 3 aromatic carbocycles. The summed E-state index contributed by atoms with van der Waals surface area (Å²) in [4.78, 5) is -0.145. The number of halogens is 6. The zero-order chi connectivity index (χ0) is 19.4. The van der Waals surface area contributed by atoms with Crippen molar-refractivity contribution in [3.8, 4) is 4.90 Å². The molecule has 7 heteroatoms. The highest BCUT2D eigenvalue weighted by Gasteiger charge is 2.42.